The summed E-state index contributed by atoms with van der Waals surface area (Å²) in [5.41, 5.74) is 0.531. The highest BCUT2D eigenvalue weighted by atomic mass is 32.1. The number of aryl methyl sites for hydroxylation is 1. The van der Waals surface area contributed by atoms with E-state index in [0.717, 1.165) is 15.9 Å². The number of hydrogen-bond donors (Lipinski definition) is 0. The van der Waals surface area contributed by atoms with E-state index in [1.165, 1.54) is 0 Å². The summed E-state index contributed by atoms with van der Waals surface area (Å²) in [6.07, 6.45) is -4.47. The van der Waals surface area contributed by atoms with Crippen molar-refractivity contribution in [2.45, 2.75) is 13.1 Å². The third kappa shape index (κ3) is 1.28. The molecule has 2 rings (SSSR count). The average molecular weight is 206 g/mol. The van der Waals surface area contributed by atoms with Gasteiger partial charge in [-0.3, -0.25) is 0 Å². The van der Waals surface area contributed by atoms with Crippen LogP contribution in [0.1, 0.15) is 11.5 Å². The molecule has 0 atom stereocenters. The second kappa shape index (κ2) is 2.44. The van der Waals surface area contributed by atoms with Gasteiger partial charge in [-0.05, 0) is 6.92 Å². The zero-order valence-corrected chi connectivity index (χ0v) is 7.20. The number of halogens is 3. The van der Waals surface area contributed by atoms with Gasteiger partial charge in [-0.2, -0.15) is 18.2 Å². The van der Waals surface area contributed by atoms with Crippen LogP contribution in [0.15, 0.2) is 0 Å². The van der Waals surface area contributed by atoms with Crippen molar-refractivity contribution in [3.8, 4) is 0 Å². The first-order valence-corrected chi connectivity index (χ1v) is 4.11. The normalized spacial score (nSPS) is 12.6. The number of fused-ring (bicyclic) bond motifs is 1. The summed E-state index contributed by atoms with van der Waals surface area (Å²) in [6, 6.07) is 0. The minimum atomic E-state index is -4.47. The maximum atomic E-state index is 12.1. The topological polar surface area (TPSA) is 30.2 Å². The smallest absolute Gasteiger partial charge is 0.207 e. The van der Waals surface area contributed by atoms with Crippen LogP contribution >= 0.6 is 11.3 Å². The SMILES string of the molecule is Cc1[c]sc2nc(C(F)(F)F)nn12. The van der Waals surface area contributed by atoms with Gasteiger partial charge in [0, 0.05) is 0 Å². The second-order valence-corrected chi connectivity index (χ2v) is 3.19. The molecule has 3 nitrogen and oxygen atoms in total. The molecule has 13 heavy (non-hydrogen) atoms. The Morgan fingerprint density at radius 1 is 1.46 bits per heavy atom. The first kappa shape index (κ1) is 8.49. The quantitative estimate of drug-likeness (QED) is 0.659. The molecule has 2 heterocycles. The summed E-state index contributed by atoms with van der Waals surface area (Å²) in [5, 5.41) is 6.05. The molecule has 0 aliphatic rings. The molecule has 0 fully saturated rings. The summed E-state index contributed by atoms with van der Waals surface area (Å²) in [4.78, 5) is 3.53. The standard InChI is InChI=1S/C6H3F3N3S/c1-3-2-13-5-10-4(6(7,8)9)11-12(3)5/h1H3. The first-order valence-electron chi connectivity index (χ1n) is 3.29. The van der Waals surface area contributed by atoms with Crippen molar-refractivity contribution in [3.05, 3.63) is 16.9 Å². The van der Waals surface area contributed by atoms with Crippen LogP contribution in [0.5, 0.6) is 0 Å². The van der Waals surface area contributed by atoms with Gasteiger partial charge in [0.1, 0.15) is 0 Å². The highest BCUT2D eigenvalue weighted by Gasteiger charge is 2.36. The highest BCUT2D eigenvalue weighted by molar-refractivity contribution is 7.14. The number of thiazole rings is 1. The van der Waals surface area contributed by atoms with E-state index in [4.69, 9.17) is 0 Å². The van der Waals surface area contributed by atoms with Gasteiger partial charge >= 0.3 is 6.18 Å². The lowest BCUT2D eigenvalue weighted by atomic mass is 10.6. The summed E-state index contributed by atoms with van der Waals surface area (Å²) < 4.78 is 37.4. The molecular weight excluding hydrogens is 203 g/mol. The lowest BCUT2D eigenvalue weighted by molar-refractivity contribution is -0.144. The molecular formula is C6H3F3N3S. The highest BCUT2D eigenvalue weighted by Crippen LogP contribution is 2.27. The van der Waals surface area contributed by atoms with E-state index >= 15 is 0 Å². The monoisotopic (exact) mass is 206 g/mol. The summed E-state index contributed by atoms with van der Waals surface area (Å²) in [6.45, 7) is 1.62. The molecule has 69 valence electrons. The number of aromatic nitrogens is 3. The molecule has 0 unspecified atom stereocenters. The van der Waals surface area contributed by atoms with Crippen molar-refractivity contribution in [1.82, 2.24) is 14.6 Å². The van der Waals surface area contributed by atoms with Gasteiger partial charge < -0.3 is 0 Å². The fourth-order valence-electron chi connectivity index (χ4n) is 0.865. The van der Waals surface area contributed by atoms with Crippen molar-refractivity contribution in [2.24, 2.45) is 0 Å². The average Bonchev–Trinajstić information content (AvgIpc) is 2.51. The third-order valence-electron chi connectivity index (χ3n) is 1.44. The van der Waals surface area contributed by atoms with E-state index in [2.05, 4.69) is 15.5 Å². The van der Waals surface area contributed by atoms with E-state index in [-0.39, 0.29) is 4.96 Å². The largest absolute Gasteiger partial charge is 0.453 e. The Morgan fingerprint density at radius 3 is 2.69 bits per heavy atom. The molecule has 7 heteroatoms. The van der Waals surface area contributed by atoms with Gasteiger partial charge in [0.15, 0.2) is 0 Å². The maximum absolute atomic E-state index is 12.1. The first-order chi connectivity index (χ1) is 5.98. The molecule has 0 saturated heterocycles. The molecule has 0 aliphatic carbocycles. The lowest BCUT2D eigenvalue weighted by Gasteiger charge is -1.97. The molecule has 2 aromatic heterocycles. The van der Waals surface area contributed by atoms with Gasteiger partial charge in [0.25, 0.3) is 5.82 Å². The Balaban J connectivity index is 2.63. The van der Waals surface area contributed by atoms with Gasteiger partial charge in [-0.1, -0.05) is 11.3 Å². The van der Waals surface area contributed by atoms with E-state index < -0.39 is 12.0 Å². The van der Waals surface area contributed by atoms with Crippen LogP contribution in [0.3, 0.4) is 0 Å². The Bertz CT molecular complexity index is 441. The number of nitrogens with zero attached hydrogens (tertiary/aromatic N) is 3. The van der Waals surface area contributed by atoms with Crippen LogP contribution in [0.25, 0.3) is 4.96 Å². The van der Waals surface area contributed by atoms with E-state index in [1.807, 2.05) is 0 Å². The Labute approximate surface area is 74.8 Å². The predicted molar refractivity (Wildman–Crippen MR) is 39.4 cm³/mol. The zero-order chi connectivity index (χ0) is 9.64. The minimum Gasteiger partial charge on any atom is -0.207 e. The molecule has 1 radical (unpaired) electrons. The maximum Gasteiger partial charge on any atom is 0.453 e. The number of alkyl halides is 3. The van der Waals surface area contributed by atoms with Gasteiger partial charge in [-0.15, -0.1) is 5.10 Å². The summed E-state index contributed by atoms with van der Waals surface area (Å²) in [7, 11) is 0. The predicted octanol–water partition coefficient (Wildman–Crippen LogP) is 1.92. The van der Waals surface area contributed by atoms with Crippen molar-refractivity contribution in [1.29, 1.82) is 0 Å². The number of hydrogen-bond acceptors (Lipinski definition) is 3. The van der Waals surface area contributed by atoms with Gasteiger partial charge in [0.05, 0.1) is 11.1 Å². The molecule has 0 spiro atoms. The van der Waals surface area contributed by atoms with Crippen molar-refractivity contribution >= 4 is 16.3 Å². The molecule has 0 saturated carbocycles. The minimum absolute atomic E-state index is 0.213. The summed E-state index contributed by atoms with van der Waals surface area (Å²) in [5.74, 6) is -1.10. The van der Waals surface area contributed by atoms with E-state index in [1.54, 1.807) is 6.92 Å². The van der Waals surface area contributed by atoms with Crippen LogP contribution in [0.2, 0.25) is 0 Å². The van der Waals surface area contributed by atoms with Crippen LogP contribution in [0, 0.1) is 12.3 Å². The van der Waals surface area contributed by atoms with E-state index in [9.17, 15) is 13.2 Å². The van der Waals surface area contributed by atoms with Gasteiger partial charge in [0.2, 0.25) is 4.96 Å². The zero-order valence-electron chi connectivity index (χ0n) is 6.38. The molecule has 2 aromatic rings. The van der Waals surface area contributed by atoms with E-state index in [0.29, 0.717) is 5.69 Å². The lowest BCUT2D eigenvalue weighted by Crippen LogP contribution is -2.07. The summed E-state index contributed by atoms with van der Waals surface area (Å²) >= 11 is 1.02. The van der Waals surface area contributed by atoms with Crippen LogP contribution in [-0.2, 0) is 6.18 Å². The second-order valence-electron chi connectivity index (χ2n) is 2.42. The molecule has 0 aromatic carbocycles. The molecule has 0 bridgehead atoms. The van der Waals surface area contributed by atoms with Crippen LogP contribution in [0.4, 0.5) is 13.2 Å². The third-order valence-corrected chi connectivity index (χ3v) is 2.28. The van der Waals surface area contributed by atoms with Crippen LogP contribution in [-0.4, -0.2) is 14.6 Å². The van der Waals surface area contributed by atoms with Gasteiger partial charge in [-0.25, -0.2) is 4.52 Å². The molecule has 0 aliphatic heterocycles. The van der Waals surface area contributed by atoms with Crippen molar-refractivity contribution < 1.29 is 13.2 Å². The fraction of sp³-hybridized carbons (Fsp3) is 0.333. The fourth-order valence-corrected chi connectivity index (χ4v) is 1.59. The molecule has 0 amide bonds. The van der Waals surface area contributed by atoms with Crippen molar-refractivity contribution in [2.75, 3.05) is 0 Å². The van der Waals surface area contributed by atoms with Crippen molar-refractivity contribution in [3.63, 3.8) is 0 Å². The number of rotatable bonds is 0. The molecule has 0 N–H and O–H groups in total. The Hall–Kier alpha value is -1.11. The Kier molecular flexibility index (Phi) is 1.59. The van der Waals surface area contributed by atoms with Crippen LogP contribution < -0.4 is 0 Å². The Morgan fingerprint density at radius 2 is 2.15 bits per heavy atom.